The molecule has 2 saturated carbocycles. The average molecular weight is 1790 g/mol. The molecule has 0 bridgehead atoms. The molecule has 0 amide bonds. The first-order valence-corrected chi connectivity index (χ1v) is 41.9. The highest BCUT2D eigenvalue weighted by molar-refractivity contribution is 7.48. The minimum atomic E-state index is -4.88. The van der Waals surface area contributed by atoms with Gasteiger partial charge in [-0.15, -0.1) is 0 Å². The fourth-order valence-electron chi connectivity index (χ4n) is 15.0. The second-order valence-corrected chi connectivity index (χ2v) is 34.0. The van der Waals surface area contributed by atoms with Crippen molar-refractivity contribution in [2.45, 2.75) is 255 Å². The fraction of sp³-hybridized carbons (Fsp3) is 0.736. The number of hydrogen-bond donors (Lipinski definition) is 6. The van der Waals surface area contributed by atoms with E-state index in [9.17, 15) is 52.4 Å². The SMILES string of the molecule is [3H]CCNc1ncnc2c1ncn2[C@@H]1O[C@@](CO)(CF)[C@H]2OC3(CCCC3)O[C@]21C.[3H]CCNc1ncnc2c1ncn2[C@@H]1O[C@](CF)(COP(=O)(OCOC(=O)OC(C)C)OCOC(=O)OC(C)C)[C@@H](O)[C@@]1(C)O.[3H]CCNc1ncnc2c1ncn2[C@@H]1O[C@](CF)(COP(=O)(OCOC(=O)OC(C)C)OCOC(=O)OC(C)C)[C@H]2OC3(CCCC3)O[C@]21C. The first-order valence-electron chi connectivity index (χ1n) is 41.1. The number of nitrogens with one attached hydrogen (secondary N) is 3. The molecule has 6 aromatic heterocycles. The number of alkyl halides is 3. The Balaban J connectivity index is 0.000000187. The lowest BCUT2D eigenvalue weighted by Gasteiger charge is -2.34. The summed E-state index contributed by atoms with van der Waals surface area (Å²) >= 11 is 0. The van der Waals surface area contributed by atoms with E-state index < -0.39 is 214 Å². The largest absolute Gasteiger partial charge is 0.510 e. The maximum atomic E-state index is 15.5. The van der Waals surface area contributed by atoms with Gasteiger partial charge in [-0.25, -0.2) is 104 Å². The smallest absolute Gasteiger partial charge is 0.432 e. The van der Waals surface area contributed by atoms with Crippen LogP contribution in [0.5, 0.6) is 0 Å². The van der Waals surface area contributed by atoms with E-state index in [1.807, 2.05) is 6.92 Å². The Labute approximate surface area is 701 Å². The van der Waals surface area contributed by atoms with Crippen LogP contribution in [-0.4, -0.2) is 273 Å². The maximum Gasteiger partial charge on any atom is 0.510 e. The molecule has 5 saturated heterocycles. The summed E-state index contributed by atoms with van der Waals surface area (Å²) in [5.74, 6) is -0.617. The van der Waals surface area contributed by atoms with Crippen LogP contribution in [0.4, 0.5) is 49.8 Å². The van der Waals surface area contributed by atoms with Crippen molar-refractivity contribution >= 4 is 91.2 Å². The van der Waals surface area contributed by atoms with Gasteiger partial charge in [0.15, 0.2) is 98.0 Å². The molecule has 7 aliphatic rings. The zero-order valence-corrected chi connectivity index (χ0v) is 70.8. The molecule has 0 unspecified atom stereocenters. The molecule has 12 atom stereocenters. The second kappa shape index (κ2) is 39.1. The molecular formula is C72H106F3N15O30P2. The summed E-state index contributed by atoms with van der Waals surface area (Å²) in [5, 5.41) is 41.5. The van der Waals surface area contributed by atoms with Crippen molar-refractivity contribution in [2.75, 3.05) is 103 Å². The van der Waals surface area contributed by atoms with Crippen molar-refractivity contribution in [3.63, 3.8) is 0 Å². The standard InChI is InChI=1S/C29H43FN5O13P.C24H37FN5O13P.C19H26FN5O4/c1-7-31-21-20-22(33-14-32-21)35(15-34-20)24-27(6)23(46-29(48-27)10-8-9-11-29)28(12-30,47-24)13-41-49(38,42-16-39-25(36)44-18(2)3)43-17-40-26(37)45-19(4)5;1-7-26-17-16-18(28-10-27-17)30(11-29-16)20-23(6,34)19(31)24(8-25,43-20)9-38-44(35,39-12-36-21(32)41-14(2)3)40-13-37-22(33)42-15(4)5;1-3-21-13-12-14(23-10-22-13)25(11-24-12)16-17(2)15(18(8-20,9-26)28-16)27-19(29-17)6-4-5-7-19/h14-15,18-19,23-24H,7-13,16-17H2,1-6H3,(H,31,32,33);10-11,14-15,19-20,31,34H,7-9,12-13H2,1-6H3,(H,26,27,28);10-11,15-16,26H,3-9H2,1-2H3,(H,21,22,23)/t23-,24+,27+,28+;19-,20+,23+,24+;15-,16+,17+,18+/m000/s1/i3*1T. The minimum Gasteiger partial charge on any atom is -0.432 e. The molecular weight excluding hydrogens is 1670 g/mol. The van der Waals surface area contributed by atoms with Crippen molar-refractivity contribution < 1.29 is 159 Å². The van der Waals surface area contributed by atoms with Gasteiger partial charge >= 0.3 is 40.3 Å². The van der Waals surface area contributed by atoms with E-state index in [4.69, 9.17) is 92.8 Å². The lowest BCUT2D eigenvalue weighted by atomic mass is 9.88. The maximum absolute atomic E-state index is 15.5. The van der Waals surface area contributed by atoms with Crippen molar-refractivity contribution in [1.82, 2.24) is 58.6 Å². The third-order valence-electron chi connectivity index (χ3n) is 20.2. The van der Waals surface area contributed by atoms with Crippen LogP contribution in [0.1, 0.15) is 171 Å². The van der Waals surface area contributed by atoms with E-state index in [1.54, 1.807) is 77.8 Å². The van der Waals surface area contributed by atoms with Gasteiger partial charge in [0.1, 0.15) is 74.1 Å². The number of hydrogen-bond acceptors (Lipinski definition) is 42. The normalized spacial score (nSPS) is 27.8. The average Bonchev–Trinajstić information content (AvgIpc) is 1.53. The van der Waals surface area contributed by atoms with Crippen LogP contribution < -0.4 is 16.0 Å². The van der Waals surface area contributed by atoms with Crippen molar-refractivity contribution in [3.8, 4) is 0 Å². The van der Waals surface area contributed by atoms with Gasteiger partial charge in [0.05, 0.1) is 63.2 Å². The van der Waals surface area contributed by atoms with Crippen LogP contribution in [0.25, 0.3) is 33.5 Å². The van der Waals surface area contributed by atoms with E-state index in [0.717, 1.165) is 38.5 Å². The molecule has 0 aromatic carbocycles. The van der Waals surface area contributed by atoms with Gasteiger partial charge < -0.3 is 102 Å². The molecule has 7 fully saturated rings. The number of carbonyl (C=O) groups is 4. The zero-order valence-electron chi connectivity index (χ0n) is 72.0. The number of aliphatic hydroxyl groups is 3. The third-order valence-corrected chi connectivity index (χ3v) is 22.8. The second-order valence-electron chi connectivity index (χ2n) is 30.7. The number of carbonyl (C=O) groups excluding carboxylic acids is 4. The van der Waals surface area contributed by atoms with Crippen molar-refractivity contribution in [3.05, 3.63) is 38.0 Å². The molecule has 13 rings (SSSR count). The molecule has 6 N–H and O–H groups in total. The van der Waals surface area contributed by atoms with E-state index >= 15 is 4.39 Å². The molecule has 2 aliphatic carbocycles. The quantitative estimate of drug-likeness (QED) is 0.00932. The number of ether oxygens (including phenoxy) is 15. The highest BCUT2D eigenvalue weighted by Gasteiger charge is 2.74. The Morgan fingerprint density at radius 3 is 1.11 bits per heavy atom. The number of phosphoric acid groups is 2. The van der Waals surface area contributed by atoms with Crippen LogP contribution in [0.2, 0.25) is 0 Å². The third kappa shape index (κ3) is 20.2. The molecule has 45 nitrogen and oxygen atoms in total. The summed E-state index contributed by atoms with van der Waals surface area (Å²) in [7, 11) is -9.69. The van der Waals surface area contributed by atoms with Gasteiger partial charge in [0.25, 0.3) is 0 Å². The van der Waals surface area contributed by atoms with Gasteiger partial charge in [0, 0.05) is 49.4 Å². The fourth-order valence-corrected chi connectivity index (χ4v) is 17.0. The lowest BCUT2D eigenvalue weighted by molar-refractivity contribution is -0.252. The van der Waals surface area contributed by atoms with Gasteiger partial charge in [-0.2, -0.15) is 0 Å². The van der Waals surface area contributed by atoms with Crippen LogP contribution in [-0.2, 0) is 107 Å². The zero-order chi connectivity index (χ0) is 90.6. The molecule has 2 spiro atoms. The molecule has 680 valence electrons. The van der Waals surface area contributed by atoms with E-state index in [1.165, 1.54) is 43.1 Å². The number of halogens is 3. The number of phosphoric ester groups is 2. The first kappa shape index (κ1) is 90.0. The predicted octanol–water partition coefficient (Wildman–Crippen LogP) is 9.87. The van der Waals surface area contributed by atoms with E-state index in [2.05, 4.69) is 70.3 Å². The van der Waals surface area contributed by atoms with Gasteiger partial charge in [0.2, 0.25) is 27.2 Å². The molecule has 122 heavy (non-hydrogen) atoms. The summed E-state index contributed by atoms with van der Waals surface area (Å²) in [5.41, 5.74) is -8.37. The molecule has 11 heterocycles. The number of nitrogens with zero attached hydrogens (tertiary/aromatic N) is 12. The topological polar surface area (TPSA) is 524 Å². The van der Waals surface area contributed by atoms with Crippen LogP contribution in [0.15, 0.2) is 38.0 Å². The van der Waals surface area contributed by atoms with Gasteiger partial charge in [-0.3, -0.25) is 22.7 Å². The molecule has 5 aliphatic heterocycles. The summed E-state index contributed by atoms with van der Waals surface area (Å²) in [4.78, 5) is 85.7. The monoisotopic (exact) mass is 1790 g/mol. The number of imidazole rings is 3. The molecule has 50 heteroatoms. The highest BCUT2D eigenvalue weighted by atomic mass is 31.2. The minimum absolute atomic E-state index is 0.0530. The Morgan fingerprint density at radius 2 is 0.795 bits per heavy atom. The first-order chi connectivity index (χ1) is 59.5. The molecule has 0 radical (unpaired) electrons. The lowest BCUT2D eigenvalue weighted by Crippen LogP contribution is -2.53. The molecule has 6 aromatic rings. The summed E-state index contributed by atoms with van der Waals surface area (Å²) in [6.45, 7) is 8.64. The predicted molar refractivity (Wildman–Crippen MR) is 412 cm³/mol. The summed E-state index contributed by atoms with van der Waals surface area (Å²) in [6, 6.07) is 0. The van der Waals surface area contributed by atoms with Gasteiger partial charge in [-0.1, -0.05) is 0 Å². The van der Waals surface area contributed by atoms with Crippen LogP contribution in [0, 0.1) is 0 Å². The Hall–Kier alpha value is -8.26. The Kier molecular flexibility index (Phi) is 28.8. The highest BCUT2D eigenvalue weighted by Crippen LogP contribution is 2.63. The van der Waals surface area contributed by atoms with Crippen molar-refractivity contribution in [2.24, 2.45) is 0 Å². The number of aromatic nitrogens is 12. The summed E-state index contributed by atoms with van der Waals surface area (Å²) in [6.07, 6.45) is 0.198. The summed E-state index contributed by atoms with van der Waals surface area (Å²) < 4.78 is 212. The number of anilines is 3. The van der Waals surface area contributed by atoms with E-state index in [-0.39, 0.29) is 38.4 Å². The Bertz CT molecular complexity index is 4670. The van der Waals surface area contributed by atoms with Crippen LogP contribution >= 0.6 is 15.6 Å². The van der Waals surface area contributed by atoms with Crippen molar-refractivity contribution in [1.29, 1.82) is 0 Å². The van der Waals surface area contributed by atoms with Crippen LogP contribution in [0.3, 0.4) is 0 Å². The van der Waals surface area contributed by atoms with E-state index in [0.29, 0.717) is 65.7 Å². The number of rotatable bonds is 35. The van der Waals surface area contributed by atoms with Gasteiger partial charge in [-0.05, 0) is 123 Å². The number of fused-ring (bicyclic) bond motifs is 5. The number of aliphatic hydroxyl groups excluding tert-OH is 2. The Morgan fingerprint density at radius 1 is 0.484 bits per heavy atom.